The quantitative estimate of drug-likeness (QED) is 0.788. The van der Waals surface area contributed by atoms with E-state index in [1.807, 2.05) is 20.8 Å². The van der Waals surface area contributed by atoms with Gasteiger partial charge in [0.25, 0.3) is 0 Å². The maximum Gasteiger partial charge on any atom is 0.175 e. The van der Waals surface area contributed by atoms with Gasteiger partial charge in [-0.15, -0.1) is 0 Å². The molecule has 0 fully saturated rings. The van der Waals surface area contributed by atoms with Crippen LogP contribution in [0.2, 0.25) is 0 Å². The molecule has 3 heteroatoms. The van der Waals surface area contributed by atoms with Crippen molar-refractivity contribution in [1.29, 1.82) is 0 Å². The first-order valence-corrected chi connectivity index (χ1v) is 5.23. The fourth-order valence-electron chi connectivity index (χ4n) is 1.09. The molecule has 0 heterocycles. The van der Waals surface area contributed by atoms with Gasteiger partial charge in [0.1, 0.15) is 6.61 Å². The normalized spacial score (nSPS) is 11.3. The number of hydrogen-bond donors (Lipinski definition) is 0. The monoisotopic (exact) mass is 224 g/mol. The second kappa shape index (κ2) is 4.64. The molecule has 0 aliphatic carbocycles. The largest absolute Gasteiger partial charge is 0.483 e. The number of halogens is 1. The lowest BCUT2D eigenvalue weighted by molar-refractivity contribution is -0.128. The summed E-state index contributed by atoms with van der Waals surface area (Å²) in [6.45, 7) is 7.00. The van der Waals surface area contributed by atoms with E-state index >= 15 is 0 Å². The average molecular weight is 224 g/mol. The van der Waals surface area contributed by atoms with Crippen molar-refractivity contribution >= 4 is 5.78 Å². The van der Waals surface area contributed by atoms with E-state index in [1.54, 1.807) is 19.1 Å². The molecule has 0 saturated carbocycles. The third-order valence-electron chi connectivity index (χ3n) is 2.35. The summed E-state index contributed by atoms with van der Waals surface area (Å²) in [5, 5.41) is 0. The number of Topliss-reactive ketones (excluding diaryl/α,β-unsaturated/α-hetero) is 1. The summed E-state index contributed by atoms with van der Waals surface area (Å²) in [7, 11) is 0. The van der Waals surface area contributed by atoms with Crippen molar-refractivity contribution in [1.82, 2.24) is 0 Å². The van der Waals surface area contributed by atoms with Crippen LogP contribution in [0.25, 0.3) is 0 Å². The van der Waals surface area contributed by atoms with Gasteiger partial charge in [-0.1, -0.05) is 32.9 Å². The third kappa shape index (κ3) is 3.05. The van der Waals surface area contributed by atoms with Crippen LogP contribution in [0.5, 0.6) is 5.75 Å². The Morgan fingerprint density at radius 1 is 1.38 bits per heavy atom. The van der Waals surface area contributed by atoms with Crippen LogP contribution in [0.15, 0.2) is 18.2 Å². The van der Waals surface area contributed by atoms with Crippen LogP contribution in [0.3, 0.4) is 0 Å². The van der Waals surface area contributed by atoms with Crippen LogP contribution in [-0.4, -0.2) is 12.4 Å². The molecule has 0 radical (unpaired) electrons. The minimum Gasteiger partial charge on any atom is -0.483 e. The van der Waals surface area contributed by atoms with E-state index < -0.39 is 11.2 Å². The zero-order valence-electron chi connectivity index (χ0n) is 10.1. The summed E-state index contributed by atoms with van der Waals surface area (Å²) in [4.78, 5) is 11.6. The van der Waals surface area contributed by atoms with Crippen molar-refractivity contribution in [3.8, 4) is 5.75 Å². The molecule has 0 spiro atoms. The number of ether oxygens (including phenoxy) is 1. The number of benzene rings is 1. The minimum absolute atomic E-state index is 0.0478. The van der Waals surface area contributed by atoms with Gasteiger partial charge in [0.15, 0.2) is 17.3 Å². The Morgan fingerprint density at radius 3 is 2.56 bits per heavy atom. The predicted molar refractivity (Wildman–Crippen MR) is 61.1 cm³/mol. The Morgan fingerprint density at radius 2 is 2.00 bits per heavy atom. The second-order valence-electron chi connectivity index (χ2n) is 4.85. The zero-order chi connectivity index (χ0) is 12.3. The highest BCUT2D eigenvalue weighted by Gasteiger charge is 2.22. The number of hydrogen-bond acceptors (Lipinski definition) is 2. The number of aryl methyl sites for hydroxylation is 1. The number of rotatable bonds is 3. The van der Waals surface area contributed by atoms with E-state index in [4.69, 9.17) is 4.74 Å². The minimum atomic E-state index is -0.458. The van der Waals surface area contributed by atoms with Crippen molar-refractivity contribution in [3.63, 3.8) is 0 Å². The van der Waals surface area contributed by atoms with Crippen LogP contribution in [0.1, 0.15) is 26.3 Å². The Hall–Kier alpha value is -1.38. The Kier molecular flexibility index (Phi) is 3.68. The average Bonchev–Trinajstić information content (AvgIpc) is 2.18. The third-order valence-corrected chi connectivity index (χ3v) is 2.35. The van der Waals surface area contributed by atoms with Gasteiger partial charge in [-0.2, -0.15) is 0 Å². The maximum atomic E-state index is 13.5. The first-order valence-electron chi connectivity index (χ1n) is 5.23. The molecular formula is C13H17FO2. The van der Waals surface area contributed by atoms with Gasteiger partial charge < -0.3 is 4.74 Å². The number of ketones is 1. The van der Waals surface area contributed by atoms with E-state index in [-0.39, 0.29) is 18.1 Å². The smallest absolute Gasteiger partial charge is 0.175 e. The highest BCUT2D eigenvalue weighted by Crippen LogP contribution is 2.21. The lowest BCUT2D eigenvalue weighted by Crippen LogP contribution is -2.26. The summed E-state index contributed by atoms with van der Waals surface area (Å²) in [6.07, 6.45) is 0. The molecule has 0 aliphatic heterocycles. The molecule has 0 aromatic heterocycles. The summed E-state index contributed by atoms with van der Waals surface area (Å²) >= 11 is 0. The molecule has 0 atom stereocenters. The van der Waals surface area contributed by atoms with Crippen molar-refractivity contribution in [2.45, 2.75) is 27.7 Å². The second-order valence-corrected chi connectivity index (χ2v) is 4.85. The Labute approximate surface area is 95.4 Å². The molecule has 16 heavy (non-hydrogen) atoms. The van der Waals surface area contributed by atoms with Crippen LogP contribution in [0.4, 0.5) is 4.39 Å². The summed E-state index contributed by atoms with van der Waals surface area (Å²) in [5.74, 6) is -0.310. The maximum absolute atomic E-state index is 13.5. The van der Waals surface area contributed by atoms with Gasteiger partial charge in [0.05, 0.1) is 0 Å². The van der Waals surface area contributed by atoms with Crippen LogP contribution in [-0.2, 0) is 4.79 Å². The predicted octanol–water partition coefficient (Wildman–Crippen LogP) is 3.13. The first-order chi connectivity index (χ1) is 7.32. The molecular weight excluding hydrogens is 207 g/mol. The molecule has 0 amide bonds. The molecule has 0 bridgehead atoms. The van der Waals surface area contributed by atoms with E-state index in [1.165, 1.54) is 6.07 Å². The Bertz CT molecular complexity index is 391. The molecule has 2 nitrogen and oxygen atoms in total. The number of carbonyl (C=O) groups excluding carboxylic acids is 1. The van der Waals surface area contributed by atoms with Gasteiger partial charge in [-0.25, -0.2) is 4.39 Å². The van der Waals surface area contributed by atoms with Gasteiger partial charge in [-0.05, 0) is 18.6 Å². The van der Waals surface area contributed by atoms with Crippen LogP contribution >= 0.6 is 0 Å². The Balaban J connectivity index is 2.69. The van der Waals surface area contributed by atoms with Gasteiger partial charge >= 0.3 is 0 Å². The summed E-state index contributed by atoms with van der Waals surface area (Å²) < 4.78 is 18.7. The van der Waals surface area contributed by atoms with Gasteiger partial charge in [0.2, 0.25) is 0 Å². The van der Waals surface area contributed by atoms with E-state index in [0.29, 0.717) is 5.56 Å². The molecule has 0 N–H and O–H groups in total. The molecule has 0 aliphatic rings. The van der Waals surface area contributed by atoms with E-state index in [2.05, 4.69) is 0 Å². The highest BCUT2D eigenvalue weighted by atomic mass is 19.1. The molecule has 1 aromatic rings. The zero-order valence-corrected chi connectivity index (χ0v) is 10.1. The fourth-order valence-corrected chi connectivity index (χ4v) is 1.09. The van der Waals surface area contributed by atoms with E-state index in [9.17, 15) is 9.18 Å². The molecule has 1 aromatic carbocycles. The van der Waals surface area contributed by atoms with Crippen molar-refractivity contribution in [3.05, 3.63) is 29.6 Å². The van der Waals surface area contributed by atoms with Crippen LogP contribution in [0, 0.1) is 18.2 Å². The van der Waals surface area contributed by atoms with Crippen molar-refractivity contribution < 1.29 is 13.9 Å². The first kappa shape index (κ1) is 12.7. The SMILES string of the molecule is Cc1cccc(OCC(=O)C(C)(C)C)c1F. The molecule has 0 unspecified atom stereocenters. The fraction of sp³-hybridized carbons (Fsp3) is 0.462. The summed E-state index contributed by atoms with van der Waals surface area (Å²) in [5.41, 5.74) is 0.0565. The van der Waals surface area contributed by atoms with Crippen molar-refractivity contribution in [2.24, 2.45) is 5.41 Å². The molecule has 1 rings (SSSR count). The van der Waals surface area contributed by atoms with Gasteiger partial charge in [0, 0.05) is 5.41 Å². The van der Waals surface area contributed by atoms with Crippen LogP contribution < -0.4 is 4.74 Å². The molecule has 0 saturated heterocycles. The summed E-state index contributed by atoms with van der Waals surface area (Å²) in [6, 6.07) is 4.89. The van der Waals surface area contributed by atoms with Crippen molar-refractivity contribution in [2.75, 3.05) is 6.61 Å². The van der Waals surface area contributed by atoms with E-state index in [0.717, 1.165) is 0 Å². The lowest BCUT2D eigenvalue weighted by Gasteiger charge is -2.17. The van der Waals surface area contributed by atoms with Gasteiger partial charge in [-0.3, -0.25) is 4.79 Å². The molecule has 88 valence electrons. The standard InChI is InChI=1S/C13H17FO2/c1-9-6-5-7-10(12(9)14)16-8-11(15)13(2,3)4/h5-7H,8H2,1-4H3. The topological polar surface area (TPSA) is 26.3 Å². The number of carbonyl (C=O) groups is 1. The lowest BCUT2D eigenvalue weighted by atomic mass is 9.91. The highest BCUT2D eigenvalue weighted by molar-refractivity contribution is 5.85.